The van der Waals surface area contributed by atoms with Crippen molar-refractivity contribution in [2.24, 2.45) is 47.0 Å². The van der Waals surface area contributed by atoms with Crippen molar-refractivity contribution in [3.63, 3.8) is 0 Å². The number of likely N-dealkylation sites (tertiary alicyclic amines) is 1. The van der Waals surface area contributed by atoms with E-state index in [-0.39, 0.29) is 126 Å². The number of Topliss-reactive ketones (excluding diaryl/α,β-unsaturated/α-hetero) is 6. The van der Waals surface area contributed by atoms with Gasteiger partial charge >= 0.3 is 0 Å². The van der Waals surface area contributed by atoms with E-state index in [2.05, 4.69) is 72.9 Å². The number of phenolic OH excluding ortho intramolecular Hbond substituents is 1. The lowest BCUT2D eigenvalue weighted by Gasteiger charge is -2.45. The molecule has 620 valence electrons. The van der Waals surface area contributed by atoms with Gasteiger partial charge in [0, 0.05) is 134 Å². The highest BCUT2D eigenvalue weighted by Crippen LogP contribution is 2.45. The molecule has 2 aromatic heterocycles. The Kier molecular flexibility index (Phi) is 32.3. The molecule has 0 bridgehead atoms. The molecule has 13 atom stereocenters. The Hall–Kier alpha value is -10.4. The fourth-order valence-corrected chi connectivity index (χ4v) is 18.5. The number of carbonyl (C=O) groups excluding carboxylic acids is 10. The molecular formula is C93H115N11O12S. The van der Waals surface area contributed by atoms with Gasteiger partial charge in [-0.05, 0) is 172 Å². The number of aliphatic hydroxyl groups excluding tert-OH is 1. The van der Waals surface area contributed by atoms with Gasteiger partial charge in [0.1, 0.15) is 23.4 Å². The summed E-state index contributed by atoms with van der Waals surface area (Å²) in [5, 5.41) is 46.6. The second-order valence-corrected chi connectivity index (χ2v) is 33.7. The lowest BCUT2D eigenvalue weighted by atomic mass is 9.73. The molecule has 2 aliphatic heterocycles. The number of rotatable bonds is 27. The number of ketones is 6. The van der Waals surface area contributed by atoms with E-state index in [0.29, 0.717) is 65.8 Å². The van der Waals surface area contributed by atoms with Crippen LogP contribution in [-0.4, -0.2) is 164 Å². The lowest BCUT2D eigenvalue weighted by Crippen LogP contribution is -2.51. The summed E-state index contributed by atoms with van der Waals surface area (Å²) in [5.41, 5.74) is 19.8. The van der Waals surface area contributed by atoms with Gasteiger partial charge in [-0.15, -0.1) is 0 Å². The number of piperidine rings is 1. The highest BCUT2D eigenvalue weighted by Gasteiger charge is 2.42. The number of nitrogens with one attached hydrogen (secondary N) is 8. The van der Waals surface area contributed by atoms with E-state index < -0.39 is 126 Å². The number of aliphatic hydroxyl groups is 1. The number of phenols is 1. The number of nitrogens with two attached hydrogens (primary N) is 2. The summed E-state index contributed by atoms with van der Waals surface area (Å²) in [6.07, 6.45) is 4.96. The molecule has 8 aromatic rings. The first-order valence-electron chi connectivity index (χ1n) is 41.7. The van der Waals surface area contributed by atoms with Gasteiger partial charge in [0.2, 0.25) is 23.6 Å². The van der Waals surface area contributed by atoms with E-state index in [9.17, 15) is 29.4 Å². The molecular weight excluding hydrogens is 1500 g/mol. The predicted molar refractivity (Wildman–Crippen MR) is 456 cm³/mol. The summed E-state index contributed by atoms with van der Waals surface area (Å²) in [7, 11) is 2.18. The van der Waals surface area contributed by atoms with Crippen molar-refractivity contribution in [3.8, 4) is 5.75 Å². The summed E-state index contributed by atoms with van der Waals surface area (Å²) in [6, 6.07) is 42.6. The number of carbonyl (C=O) groups is 10. The number of para-hydroxylation sites is 1. The van der Waals surface area contributed by atoms with Crippen molar-refractivity contribution in [3.05, 3.63) is 209 Å². The van der Waals surface area contributed by atoms with Gasteiger partial charge in [-0.25, -0.2) is 0 Å². The SMILES string of the molecule is C[C@@H](O)[C@@H]1NC(=O)[C@H](CCCCN)CC(=O)[C@@H](Cc2c[nH]c3ccccc23)NC(=O)[C@H](Cc2ccccc2)CC(=O)[C@H](Cc2ccccc2)NC(=O)[C@H](CCCNC(=N)N)CC(=O)[C@H](NC(=O)[C@@H](CC(=O)CSC[C@@H]2C[C@@H]3c4cccc5[nH]cc(c45)C[C@H]3N(C)C2)Cc2ccc(O)cc2)CCCCCC(=O)[C@H](Cc2ccccc2)CC1=O. The number of unbranched alkanes of at least 4 members (excludes halogenated alkanes) is 1. The van der Waals surface area contributed by atoms with Crippen molar-refractivity contribution in [1.29, 1.82) is 5.41 Å². The first-order chi connectivity index (χ1) is 56.5. The van der Waals surface area contributed by atoms with Crippen LogP contribution in [0, 0.1) is 40.9 Å². The van der Waals surface area contributed by atoms with Crippen molar-refractivity contribution in [1.82, 2.24) is 41.5 Å². The molecule has 14 N–H and O–H groups in total. The largest absolute Gasteiger partial charge is 0.508 e. The normalized spacial score (nSPS) is 23.3. The first kappa shape index (κ1) is 87.4. The zero-order valence-electron chi connectivity index (χ0n) is 67.3. The first-order valence-corrected chi connectivity index (χ1v) is 42.8. The third-order valence-electron chi connectivity index (χ3n) is 23.8. The van der Waals surface area contributed by atoms with Crippen molar-refractivity contribution in [2.45, 2.75) is 190 Å². The molecule has 23 nitrogen and oxygen atoms in total. The highest BCUT2D eigenvalue weighted by molar-refractivity contribution is 7.99. The van der Waals surface area contributed by atoms with E-state index in [1.807, 2.05) is 78.9 Å². The number of thioether (sulfide) groups is 1. The van der Waals surface area contributed by atoms with E-state index in [4.69, 9.17) is 16.9 Å². The summed E-state index contributed by atoms with van der Waals surface area (Å²) in [4.78, 5) is 161. The molecule has 2 fully saturated rings. The number of hydrogen-bond acceptors (Lipinski definition) is 16. The topological polar surface area (TPSA) is 382 Å². The molecule has 11 rings (SSSR count). The third-order valence-corrected chi connectivity index (χ3v) is 25.0. The van der Waals surface area contributed by atoms with Crippen LogP contribution in [0.2, 0.25) is 0 Å². The third kappa shape index (κ3) is 25.1. The van der Waals surface area contributed by atoms with Crippen LogP contribution >= 0.6 is 11.8 Å². The van der Waals surface area contributed by atoms with Gasteiger partial charge in [-0.1, -0.05) is 153 Å². The second kappa shape index (κ2) is 43.2. The fraction of sp³-hybridized carbons (Fsp3) is 0.452. The number of benzene rings is 6. The Balaban J connectivity index is 0.913. The van der Waals surface area contributed by atoms with Crippen molar-refractivity contribution < 1.29 is 58.2 Å². The number of aromatic nitrogens is 2. The smallest absolute Gasteiger partial charge is 0.224 e. The minimum atomic E-state index is -1.50. The molecule has 6 aromatic carbocycles. The number of amides is 4. The van der Waals surface area contributed by atoms with E-state index >= 15 is 28.8 Å². The Morgan fingerprint density at radius 3 is 1.87 bits per heavy atom. The Morgan fingerprint density at radius 2 is 1.20 bits per heavy atom. The van der Waals surface area contributed by atoms with Crippen LogP contribution in [0.25, 0.3) is 21.8 Å². The van der Waals surface area contributed by atoms with Crippen LogP contribution in [0.3, 0.4) is 0 Å². The average Bonchev–Trinajstić information content (AvgIpc) is 1.67. The number of aromatic amines is 2. The van der Waals surface area contributed by atoms with Crippen LogP contribution in [-0.2, 0) is 86.5 Å². The molecule has 0 radical (unpaired) electrons. The van der Waals surface area contributed by atoms with Gasteiger partial charge < -0.3 is 63.1 Å². The average molecular weight is 1610 g/mol. The molecule has 117 heavy (non-hydrogen) atoms. The fourth-order valence-electron chi connectivity index (χ4n) is 17.5. The van der Waals surface area contributed by atoms with Crippen LogP contribution in [0.4, 0.5) is 0 Å². The Labute approximate surface area is 689 Å². The monoisotopic (exact) mass is 1610 g/mol. The molecule has 1 aliphatic carbocycles. The maximum atomic E-state index is 15.6. The molecule has 3 aliphatic rings. The Morgan fingerprint density at radius 1 is 0.607 bits per heavy atom. The van der Waals surface area contributed by atoms with Crippen LogP contribution in [0.15, 0.2) is 170 Å². The van der Waals surface area contributed by atoms with Crippen LogP contribution in [0.5, 0.6) is 5.75 Å². The van der Waals surface area contributed by atoms with E-state index in [1.165, 1.54) is 35.6 Å². The van der Waals surface area contributed by atoms with Crippen molar-refractivity contribution >= 4 is 97.9 Å². The van der Waals surface area contributed by atoms with Gasteiger partial charge in [-0.3, -0.25) is 53.4 Å². The zero-order chi connectivity index (χ0) is 82.9. The minimum Gasteiger partial charge on any atom is -0.508 e. The number of likely N-dealkylation sites (N-methyl/N-ethyl adjacent to an activating group) is 1. The van der Waals surface area contributed by atoms with Gasteiger partial charge in [0.25, 0.3) is 0 Å². The lowest BCUT2D eigenvalue weighted by molar-refractivity contribution is -0.137. The van der Waals surface area contributed by atoms with Gasteiger partial charge in [-0.2, -0.15) is 11.8 Å². The number of aromatic hydroxyl groups is 1. The predicted octanol–water partition coefficient (Wildman–Crippen LogP) is 10.4. The molecule has 0 saturated carbocycles. The minimum absolute atomic E-state index is 0.00617. The molecule has 4 amide bonds. The van der Waals surface area contributed by atoms with E-state index in [1.54, 1.807) is 66.5 Å². The van der Waals surface area contributed by atoms with E-state index in [0.717, 1.165) is 47.1 Å². The Bertz CT molecular complexity index is 4710. The molecule has 24 heteroatoms. The zero-order valence-corrected chi connectivity index (χ0v) is 68.1. The number of hydrogen-bond donors (Lipinski definition) is 12. The quantitative estimate of drug-likeness (QED) is 0.0129. The van der Waals surface area contributed by atoms with Crippen molar-refractivity contribution in [2.75, 3.05) is 38.2 Å². The maximum Gasteiger partial charge on any atom is 0.224 e. The second-order valence-electron chi connectivity index (χ2n) is 32.7. The molecule has 2 saturated heterocycles. The number of nitrogens with zero attached hydrogens (tertiary/aromatic N) is 1. The molecule has 0 spiro atoms. The van der Waals surface area contributed by atoms with Gasteiger partial charge in [0.15, 0.2) is 29.1 Å². The highest BCUT2D eigenvalue weighted by atomic mass is 32.2. The summed E-state index contributed by atoms with van der Waals surface area (Å²) < 4.78 is 0. The van der Waals surface area contributed by atoms with Crippen LogP contribution in [0.1, 0.15) is 155 Å². The summed E-state index contributed by atoms with van der Waals surface area (Å²) in [6.45, 7) is 2.67. The molecule has 0 unspecified atom stereocenters. The maximum absolute atomic E-state index is 15.6. The van der Waals surface area contributed by atoms with Crippen LogP contribution < -0.4 is 38.1 Å². The number of H-pyrrole nitrogens is 2. The number of guanidine groups is 1. The summed E-state index contributed by atoms with van der Waals surface area (Å²) >= 11 is 1.55. The standard InChI is InChI=1S/C93H115N11O12S/c1-58(105)88-86(112)51-66(41-59-21-7-3-8-22-59)82(108)34-14-6-13-32-77(100-91(115)67(43-62-35-37-71(106)38-36-62)46-72(107)57-117-56-63-44-75-74-30-19-33-78-87(74)70(54-99-78)48-81(75)104(2)55-63)83(109)49-65(28-20-40-97-93(95)96)89(113)101-79(45-61-25-11-5-12-26-61)85(111)52-68(42-60-23-9-4-10-24-60)92(116)102-80(47-69-53-98-76-31-16-15-29-73(69)76)84(110)50-64(90(114)103-88)27-17-18-39-94/h3-5,7-12,15-16,19,21-26,29-31,33,35-38,53-54,58,63-68,75,77,79-81,88,98-99,105-106H,6,13-14,17-18,20,27-28,32,34,39-52,55-57,94H2,1-2H3,(H,100,115)(H,101,113)(H,102,116)(H,103,114)(H4,95,96,97)/t58-,63-,64-,65-,66-,67-,68-,75-,77-,79+,80-,81-,88+/m1/s1. The van der Waals surface area contributed by atoms with Gasteiger partial charge in [0.05, 0.1) is 30.0 Å². The molecule has 4 heterocycles. The summed E-state index contributed by atoms with van der Waals surface area (Å²) in [5.74, 6) is -9.34. The number of fused-ring (bicyclic) bond motifs is 3.